The minimum Gasteiger partial charge on any atom is -0.434 e. The lowest BCUT2D eigenvalue weighted by Gasteiger charge is -2.13. The van der Waals surface area contributed by atoms with Crippen molar-refractivity contribution in [3.63, 3.8) is 0 Å². The highest BCUT2D eigenvalue weighted by Crippen LogP contribution is 2.29. The van der Waals surface area contributed by atoms with Gasteiger partial charge in [-0.1, -0.05) is 12.3 Å². The van der Waals surface area contributed by atoms with Crippen LogP contribution in [0, 0.1) is 40.9 Å². The molecule has 0 spiro atoms. The van der Waals surface area contributed by atoms with Gasteiger partial charge in [-0.15, -0.1) is 5.92 Å². The molecule has 1 aliphatic carbocycles. The third-order valence-corrected chi connectivity index (χ3v) is 3.96. The molecule has 0 aliphatic heterocycles. The quantitative estimate of drug-likeness (QED) is 0.121. The van der Waals surface area contributed by atoms with Gasteiger partial charge in [-0.3, -0.25) is 0 Å². The van der Waals surface area contributed by atoms with Crippen LogP contribution >= 0.6 is 0 Å². The van der Waals surface area contributed by atoms with Gasteiger partial charge in [0.2, 0.25) is 34.8 Å². The van der Waals surface area contributed by atoms with Crippen molar-refractivity contribution in [1.29, 1.82) is 0 Å². The van der Waals surface area contributed by atoms with Crippen molar-refractivity contribution in [2.75, 3.05) is 13.2 Å². The van der Waals surface area contributed by atoms with Gasteiger partial charge in [0.15, 0.2) is 0 Å². The maximum absolute atomic E-state index is 13.4. The zero-order valence-corrected chi connectivity index (χ0v) is 15.0. The second kappa shape index (κ2) is 10.9. The van der Waals surface area contributed by atoms with Crippen molar-refractivity contribution in [1.82, 2.24) is 0 Å². The maximum atomic E-state index is 13.4. The van der Waals surface area contributed by atoms with Gasteiger partial charge in [-0.05, 0) is 32.1 Å². The van der Waals surface area contributed by atoms with E-state index in [1.165, 1.54) is 0 Å². The monoisotopic (exact) mass is 406 g/mol. The van der Waals surface area contributed by atoms with E-state index in [-0.39, 0.29) is 12.7 Å². The summed E-state index contributed by atoms with van der Waals surface area (Å²) < 4.78 is 80.1. The molecule has 0 radical (unpaired) electrons. The van der Waals surface area contributed by atoms with Crippen molar-refractivity contribution in [3.05, 3.63) is 29.1 Å². The third kappa shape index (κ3) is 6.09. The zero-order valence-electron chi connectivity index (χ0n) is 15.0. The summed E-state index contributed by atoms with van der Waals surface area (Å²) in [5.74, 6) is -6.87. The molecular weight excluding hydrogens is 387 g/mol. The minimum absolute atomic E-state index is 0.125. The number of carbonyl (C=O) groups is 1. The molecule has 154 valence electrons. The standard InChI is InChI=1S/C19H19F5O4/c20-13-14(21)16(23)18(17(24)15(13)22)28-19(25)27-11-7-6-10-26-12-8-4-2-1-3-5-9-12/h12H,1-4,6-8,10-11H2. The first-order valence-electron chi connectivity index (χ1n) is 8.87. The Bertz CT molecular complexity index is 728. The molecule has 1 aliphatic rings. The lowest BCUT2D eigenvalue weighted by molar-refractivity contribution is 0.0685. The Hall–Kier alpha value is -2.34. The number of hydrogen-bond acceptors (Lipinski definition) is 4. The molecule has 0 saturated carbocycles. The summed E-state index contributed by atoms with van der Waals surface area (Å²) in [5, 5.41) is 0. The Morgan fingerprint density at radius 2 is 1.54 bits per heavy atom. The fourth-order valence-electron chi connectivity index (χ4n) is 2.48. The predicted molar refractivity (Wildman–Crippen MR) is 88.0 cm³/mol. The number of rotatable bonds is 7. The molecule has 0 saturated heterocycles. The summed E-state index contributed by atoms with van der Waals surface area (Å²) in [6, 6.07) is 0. The van der Waals surface area contributed by atoms with Crippen LogP contribution in [0.15, 0.2) is 0 Å². The molecule has 2 rings (SSSR count). The van der Waals surface area contributed by atoms with Crippen LogP contribution in [0.5, 0.6) is 5.75 Å². The van der Waals surface area contributed by atoms with Gasteiger partial charge in [0.25, 0.3) is 0 Å². The van der Waals surface area contributed by atoms with Crippen LogP contribution in [0.2, 0.25) is 0 Å². The number of carbonyl (C=O) groups excluding carboxylic acids is 1. The van der Waals surface area contributed by atoms with Gasteiger partial charge in [-0.25, -0.2) is 18.0 Å². The Morgan fingerprint density at radius 1 is 0.893 bits per heavy atom. The van der Waals surface area contributed by atoms with E-state index in [2.05, 4.69) is 21.3 Å². The third-order valence-electron chi connectivity index (χ3n) is 3.96. The van der Waals surface area contributed by atoms with Crippen LogP contribution in [0.1, 0.15) is 44.9 Å². The van der Waals surface area contributed by atoms with E-state index in [9.17, 15) is 26.7 Å². The highest BCUT2D eigenvalue weighted by molar-refractivity contribution is 5.64. The zero-order chi connectivity index (χ0) is 20.5. The SMILES string of the molecule is O=C(OCCCCOC1C#CCCCCC1)Oc1c(F)c(F)c(F)c(F)c1F. The molecule has 0 amide bonds. The van der Waals surface area contributed by atoms with Gasteiger partial charge in [0.05, 0.1) is 6.61 Å². The van der Waals surface area contributed by atoms with E-state index in [1.807, 2.05) is 0 Å². The Balaban J connectivity index is 1.71. The van der Waals surface area contributed by atoms with E-state index in [0.717, 1.165) is 32.1 Å². The van der Waals surface area contributed by atoms with E-state index >= 15 is 0 Å². The molecule has 0 aromatic heterocycles. The lowest BCUT2D eigenvalue weighted by Crippen LogP contribution is -2.16. The van der Waals surface area contributed by atoms with Crippen molar-refractivity contribution in [2.24, 2.45) is 0 Å². The molecule has 0 heterocycles. The van der Waals surface area contributed by atoms with Crippen molar-refractivity contribution in [3.8, 4) is 17.6 Å². The summed E-state index contributed by atoms with van der Waals surface area (Å²) in [6.45, 7) is 0.212. The molecule has 1 atom stereocenters. The normalized spacial score (nSPS) is 16.5. The molecule has 1 unspecified atom stereocenters. The van der Waals surface area contributed by atoms with E-state index in [1.54, 1.807) is 0 Å². The molecule has 28 heavy (non-hydrogen) atoms. The van der Waals surface area contributed by atoms with Gasteiger partial charge < -0.3 is 14.2 Å². The molecule has 0 N–H and O–H groups in total. The summed E-state index contributed by atoms with van der Waals surface area (Å²) >= 11 is 0. The average molecular weight is 406 g/mol. The Labute approximate surface area is 158 Å². The number of ether oxygens (including phenoxy) is 3. The average Bonchev–Trinajstić information content (AvgIpc) is 2.66. The van der Waals surface area contributed by atoms with Crippen LogP contribution in [0.4, 0.5) is 26.7 Å². The number of halogens is 5. The van der Waals surface area contributed by atoms with Crippen LogP contribution in [0.3, 0.4) is 0 Å². The van der Waals surface area contributed by atoms with Crippen LogP contribution in [-0.4, -0.2) is 25.5 Å². The van der Waals surface area contributed by atoms with Crippen LogP contribution < -0.4 is 4.74 Å². The number of benzene rings is 1. The second-order valence-electron chi connectivity index (χ2n) is 6.09. The van der Waals surface area contributed by atoms with Crippen molar-refractivity contribution < 1.29 is 41.0 Å². The van der Waals surface area contributed by atoms with Gasteiger partial charge in [0.1, 0.15) is 6.10 Å². The summed E-state index contributed by atoms with van der Waals surface area (Å²) in [4.78, 5) is 11.4. The van der Waals surface area contributed by atoms with Crippen LogP contribution in [0.25, 0.3) is 0 Å². The van der Waals surface area contributed by atoms with E-state index < -0.39 is 41.0 Å². The van der Waals surface area contributed by atoms with Crippen LogP contribution in [-0.2, 0) is 9.47 Å². The predicted octanol–water partition coefficient (Wildman–Crippen LogP) is 5.03. The molecule has 0 bridgehead atoms. The highest BCUT2D eigenvalue weighted by atomic mass is 19.2. The lowest BCUT2D eigenvalue weighted by atomic mass is 10.1. The molecule has 9 heteroatoms. The smallest absolute Gasteiger partial charge is 0.434 e. The van der Waals surface area contributed by atoms with Gasteiger partial charge in [-0.2, -0.15) is 8.78 Å². The Kier molecular flexibility index (Phi) is 8.51. The molecular formula is C19H19F5O4. The molecule has 1 aromatic rings. The minimum atomic E-state index is -2.34. The Morgan fingerprint density at radius 3 is 2.25 bits per heavy atom. The number of hydrogen-bond donors (Lipinski definition) is 0. The van der Waals surface area contributed by atoms with E-state index in [4.69, 9.17) is 4.74 Å². The largest absolute Gasteiger partial charge is 0.514 e. The fourth-order valence-corrected chi connectivity index (χ4v) is 2.48. The molecule has 1 aromatic carbocycles. The first-order chi connectivity index (χ1) is 13.4. The van der Waals surface area contributed by atoms with Crippen molar-refractivity contribution >= 4 is 6.16 Å². The first-order valence-corrected chi connectivity index (χ1v) is 8.87. The maximum Gasteiger partial charge on any atom is 0.514 e. The van der Waals surface area contributed by atoms with Gasteiger partial charge >= 0.3 is 6.16 Å². The molecule has 0 fully saturated rings. The number of unbranched alkanes of at least 4 members (excludes halogenated alkanes) is 1. The topological polar surface area (TPSA) is 44.8 Å². The van der Waals surface area contributed by atoms with Gasteiger partial charge in [0, 0.05) is 13.0 Å². The summed E-state index contributed by atoms with van der Waals surface area (Å²) in [5.41, 5.74) is 0. The molecule has 4 nitrogen and oxygen atoms in total. The highest BCUT2D eigenvalue weighted by Gasteiger charge is 2.28. The fraction of sp³-hybridized carbons (Fsp3) is 0.526. The summed E-state index contributed by atoms with van der Waals surface area (Å²) in [6.07, 6.45) is 4.16. The first kappa shape index (κ1) is 22.0. The van der Waals surface area contributed by atoms with Crippen molar-refractivity contribution in [2.45, 2.75) is 51.0 Å². The summed E-state index contributed by atoms with van der Waals surface area (Å²) in [7, 11) is 0. The van der Waals surface area contributed by atoms with E-state index in [0.29, 0.717) is 19.4 Å². The second-order valence-corrected chi connectivity index (χ2v) is 6.09.